The summed E-state index contributed by atoms with van der Waals surface area (Å²) in [7, 11) is 1.66. The predicted octanol–water partition coefficient (Wildman–Crippen LogP) is 2.09. The lowest BCUT2D eigenvalue weighted by Crippen LogP contribution is -2.48. The Morgan fingerprint density at radius 3 is 2.85 bits per heavy atom. The van der Waals surface area contributed by atoms with Crippen LogP contribution in [0.5, 0.6) is 5.75 Å². The molecule has 0 atom stereocenters. The largest absolute Gasteiger partial charge is 0.496 e. The quantitative estimate of drug-likeness (QED) is 0.903. The van der Waals surface area contributed by atoms with E-state index in [4.69, 9.17) is 15.0 Å². The fourth-order valence-electron chi connectivity index (χ4n) is 2.56. The summed E-state index contributed by atoms with van der Waals surface area (Å²) in [6.07, 6.45) is 4.55. The van der Waals surface area contributed by atoms with E-state index in [9.17, 15) is 0 Å². The van der Waals surface area contributed by atoms with Gasteiger partial charge in [0.1, 0.15) is 5.75 Å². The van der Waals surface area contributed by atoms with E-state index in [1.54, 1.807) is 7.11 Å². The number of methoxy groups -OCH3 is 1. The molecule has 1 aliphatic carbocycles. The van der Waals surface area contributed by atoms with Gasteiger partial charge in [-0.1, -0.05) is 23.4 Å². The minimum atomic E-state index is -0.131. The van der Waals surface area contributed by atoms with Gasteiger partial charge in [0.15, 0.2) is 5.82 Å². The molecule has 2 N–H and O–H groups in total. The molecule has 2 aromatic rings. The zero-order valence-electron chi connectivity index (χ0n) is 11.6. The van der Waals surface area contributed by atoms with Gasteiger partial charge in [0.2, 0.25) is 5.89 Å². The zero-order valence-corrected chi connectivity index (χ0v) is 11.6. The molecule has 0 spiro atoms. The molecular formula is C15H19N3O2. The maximum atomic E-state index is 6.19. The molecule has 1 aromatic carbocycles. The minimum Gasteiger partial charge on any atom is -0.496 e. The van der Waals surface area contributed by atoms with E-state index in [0.29, 0.717) is 24.6 Å². The predicted molar refractivity (Wildman–Crippen MR) is 74.6 cm³/mol. The Kier molecular flexibility index (Phi) is 3.44. The zero-order chi connectivity index (χ0) is 14.0. The molecule has 0 saturated heterocycles. The first-order valence-electron chi connectivity index (χ1n) is 6.91. The van der Waals surface area contributed by atoms with Crippen molar-refractivity contribution in [3.05, 3.63) is 41.5 Å². The number of ether oxygens (including phenoxy) is 1. The van der Waals surface area contributed by atoms with Gasteiger partial charge in [-0.2, -0.15) is 4.98 Å². The average molecular weight is 273 g/mol. The molecule has 1 saturated carbocycles. The number of aromatic nitrogens is 2. The Morgan fingerprint density at radius 2 is 2.15 bits per heavy atom. The molecule has 0 radical (unpaired) electrons. The first-order chi connectivity index (χ1) is 9.68. The van der Waals surface area contributed by atoms with Gasteiger partial charge in [-0.05, 0) is 25.3 Å². The average Bonchev–Trinajstić information content (AvgIpc) is 2.85. The van der Waals surface area contributed by atoms with Crippen molar-refractivity contribution in [1.29, 1.82) is 0 Å². The summed E-state index contributed by atoms with van der Waals surface area (Å²) in [5, 5.41) is 4.03. The van der Waals surface area contributed by atoms with Gasteiger partial charge in [-0.3, -0.25) is 0 Å². The van der Waals surface area contributed by atoms with E-state index in [2.05, 4.69) is 10.1 Å². The number of nitrogens with two attached hydrogens (primary N) is 1. The van der Waals surface area contributed by atoms with Crippen molar-refractivity contribution in [1.82, 2.24) is 10.1 Å². The molecule has 0 bridgehead atoms. The SMILES string of the molecule is COc1ccccc1Cc1noc(CC2(N)CCC2)n1. The Bertz CT molecular complexity index is 590. The molecule has 5 nitrogen and oxygen atoms in total. The fraction of sp³-hybridized carbons (Fsp3) is 0.467. The van der Waals surface area contributed by atoms with E-state index >= 15 is 0 Å². The number of para-hydroxylation sites is 1. The third-order valence-electron chi connectivity index (χ3n) is 3.90. The van der Waals surface area contributed by atoms with Crippen LogP contribution in [0.3, 0.4) is 0 Å². The number of nitrogens with zero attached hydrogens (tertiary/aromatic N) is 2. The minimum absolute atomic E-state index is 0.131. The van der Waals surface area contributed by atoms with Gasteiger partial charge < -0.3 is 15.0 Å². The van der Waals surface area contributed by atoms with Crippen molar-refractivity contribution in [3.63, 3.8) is 0 Å². The first-order valence-corrected chi connectivity index (χ1v) is 6.91. The highest BCUT2D eigenvalue weighted by atomic mass is 16.5. The monoisotopic (exact) mass is 273 g/mol. The maximum Gasteiger partial charge on any atom is 0.228 e. The van der Waals surface area contributed by atoms with Crippen LogP contribution in [-0.4, -0.2) is 22.8 Å². The highest BCUT2D eigenvalue weighted by Gasteiger charge is 2.34. The van der Waals surface area contributed by atoms with Crippen molar-refractivity contribution in [3.8, 4) is 5.75 Å². The molecule has 0 aliphatic heterocycles. The molecule has 1 heterocycles. The van der Waals surface area contributed by atoms with Crippen molar-refractivity contribution in [2.75, 3.05) is 7.11 Å². The van der Waals surface area contributed by atoms with Crippen LogP contribution in [0.15, 0.2) is 28.8 Å². The standard InChI is InChI=1S/C15H19N3O2/c1-19-12-6-3-2-5-11(12)9-13-17-14(20-18-13)10-15(16)7-4-8-15/h2-3,5-6H,4,7-10,16H2,1H3. The highest BCUT2D eigenvalue weighted by Crippen LogP contribution is 2.32. The smallest absolute Gasteiger partial charge is 0.228 e. The maximum absolute atomic E-state index is 6.19. The molecule has 0 amide bonds. The lowest BCUT2D eigenvalue weighted by molar-refractivity contribution is 0.221. The summed E-state index contributed by atoms with van der Waals surface area (Å²) >= 11 is 0. The number of hydrogen-bond donors (Lipinski definition) is 1. The molecule has 106 valence electrons. The Morgan fingerprint density at radius 1 is 1.35 bits per heavy atom. The van der Waals surface area contributed by atoms with Gasteiger partial charge in [0.25, 0.3) is 0 Å². The van der Waals surface area contributed by atoms with Crippen LogP contribution in [-0.2, 0) is 12.8 Å². The third-order valence-corrected chi connectivity index (χ3v) is 3.90. The van der Waals surface area contributed by atoms with Crippen LogP contribution in [0.1, 0.15) is 36.5 Å². The van der Waals surface area contributed by atoms with E-state index in [1.165, 1.54) is 6.42 Å². The van der Waals surface area contributed by atoms with Crippen LogP contribution in [0, 0.1) is 0 Å². The molecular weight excluding hydrogens is 254 g/mol. The second-order valence-electron chi connectivity index (χ2n) is 5.49. The van der Waals surface area contributed by atoms with Crippen molar-refractivity contribution in [2.45, 2.75) is 37.6 Å². The van der Waals surface area contributed by atoms with Gasteiger partial charge in [-0.25, -0.2) is 0 Å². The summed E-state index contributed by atoms with van der Waals surface area (Å²) < 4.78 is 10.6. The topological polar surface area (TPSA) is 74.2 Å². The second-order valence-corrected chi connectivity index (χ2v) is 5.49. The van der Waals surface area contributed by atoms with Gasteiger partial charge in [-0.15, -0.1) is 0 Å². The van der Waals surface area contributed by atoms with Crippen LogP contribution < -0.4 is 10.5 Å². The molecule has 0 unspecified atom stereocenters. The van der Waals surface area contributed by atoms with Crippen LogP contribution in [0.4, 0.5) is 0 Å². The Balaban J connectivity index is 1.70. The summed E-state index contributed by atoms with van der Waals surface area (Å²) in [4.78, 5) is 4.43. The van der Waals surface area contributed by atoms with Gasteiger partial charge in [0.05, 0.1) is 7.11 Å². The van der Waals surface area contributed by atoms with Crippen molar-refractivity contribution in [2.24, 2.45) is 5.73 Å². The normalized spacial score (nSPS) is 16.7. The summed E-state index contributed by atoms with van der Waals surface area (Å²) in [5.74, 6) is 2.15. The molecule has 1 aromatic heterocycles. The summed E-state index contributed by atoms with van der Waals surface area (Å²) in [5.41, 5.74) is 7.11. The second kappa shape index (κ2) is 5.25. The highest BCUT2D eigenvalue weighted by molar-refractivity contribution is 5.35. The Hall–Kier alpha value is -1.88. The van der Waals surface area contributed by atoms with Crippen LogP contribution >= 0.6 is 0 Å². The molecule has 20 heavy (non-hydrogen) atoms. The number of hydrogen-bond acceptors (Lipinski definition) is 5. The first kappa shape index (κ1) is 13.1. The lowest BCUT2D eigenvalue weighted by Gasteiger charge is -2.36. The van der Waals surface area contributed by atoms with E-state index < -0.39 is 0 Å². The molecule has 1 fully saturated rings. The fourth-order valence-corrected chi connectivity index (χ4v) is 2.56. The molecule has 5 heteroatoms. The van der Waals surface area contributed by atoms with E-state index in [-0.39, 0.29) is 5.54 Å². The van der Waals surface area contributed by atoms with Gasteiger partial charge >= 0.3 is 0 Å². The number of benzene rings is 1. The van der Waals surface area contributed by atoms with E-state index in [0.717, 1.165) is 24.2 Å². The van der Waals surface area contributed by atoms with Crippen LogP contribution in [0.25, 0.3) is 0 Å². The van der Waals surface area contributed by atoms with E-state index in [1.807, 2.05) is 24.3 Å². The van der Waals surface area contributed by atoms with Crippen LogP contribution in [0.2, 0.25) is 0 Å². The summed E-state index contributed by atoms with van der Waals surface area (Å²) in [6.45, 7) is 0. The molecule has 1 aliphatic rings. The van der Waals surface area contributed by atoms with Crippen molar-refractivity contribution >= 4 is 0 Å². The summed E-state index contributed by atoms with van der Waals surface area (Å²) in [6, 6.07) is 7.85. The van der Waals surface area contributed by atoms with Crippen molar-refractivity contribution < 1.29 is 9.26 Å². The number of rotatable bonds is 5. The Labute approximate surface area is 118 Å². The third kappa shape index (κ3) is 2.67. The van der Waals surface area contributed by atoms with Gasteiger partial charge in [0, 0.05) is 23.9 Å². The lowest BCUT2D eigenvalue weighted by atomic mass is 9.75. The molecule has 3 rings (SSSR count).